The van der Waals surface area contributed by atoms with Crippen molar-refractivity contribution >= 4 is 29.3 Å². The van der Waals surface area contributed by atoms with E-state index in [2.05, 4.69) is 0 Å². The van der Waals surface area contributed by atoms with Crippen molar-refractivity contribution in [1.29, 1.82) is 0 Å². The van der Waals surface area contributed by atoms with Gasteiger partial charge in [-0.2, -0.15) is 0 Å². The summed E-state index contributed by atoms with van der Waals surface area (Å²) >= 11 is 7.49. The fourth-order valence-corrected chi connectivity index (χ4v) is 2.73. The normalized spacial score (nSPS) is 20.1. The molecule has 0 bridgehead atoms. The second kappa shape index (κ2) is 4.93. The Bertz CT molecular complexity index is 428. The number of cyclic esters (lactones) is 1. The summed E-state index contributed by atoms with van der Waals surface area (Å²) in [6.45, 7) is 2.02. The van der Waals surface area contributed by atoms with Crippen LogP contribution in [0.2, 0.25) is 0 Å². The van der Waals surface area contributed by atoms with E-state index in [1.165, 1.54) is 0 Å². The molecule has 0 N–H and O–H groups in total. The van der Waals surface area contributed by atoms with Gasteiger partial charge in [-0.25, -0.2) is 4.79 Å². The Hall–Kier alpha value is -0.930. The third-order valence-electron chi connectivity index (χ3n) is 2.26. The minimum Gasteiger partial charge on any atom is -0.448 e. The summed E-state index contributed by atoms with van der Waals surface area (Å²) in [5.74, 6) is 0.442. The van der Waals surface area contributed by atoms with Crippen molar-refractivity contribution in [2.45, 2.75) is 13.0 Å². The minimum atomic E-state index is -0.425. The first-order chi connectivity index (χ1) is 7.74. The minimum absolute atomic E-state index is 0.223. The van der Waals surface area contributed by atoms with Crippen molar-refractivity contribution in [3.63, 3.8) is 0 Å². The summed E-state index contributed by atoms with van der Waals surface area (Å²) in [4.78, 5) is 12.2. The lowest BCUT2D eigenvalue weighted by Gasteiger charge is -2.13. The van der Waals surface area contributed by atoms with Crippen LogP contribution >= 0.6 is 23.4 Å². The maximum atomic E-state index is 11.4. The predicted octanol–water partition coefficient (Wildman–Crippen LogP) is 3.49. The Morgan fingerprint density at radius 2 is 2.06 bits per heavy atom. The molecule has 16 heavy (non-hydrogen) atoms. The molecule has 84 valence electrons. The molecule has 1 aromatic carbocycles. The maximum absolute atomic E-state index is 11.4. The van der Waals surface area contributed by atoms with Gasteiger partial charge in [0.05, 0.1) is 4.91 Å². The van der Waals surface area contributed by atoms with Gasteiger partial charge in [-0.15, -0.1) is 11.8 Å². The smallest absolute Gasteiger partial charge is 0.351 e. The van der Waals surface area contributed by atoms with E-state index in [-0.39, 0.29) is 11.1 Å². The molecule has 1 aromatic rings. The molecule has 2 rings (SSSR count). The van der Waals surface area contributed by atoms with E-state index < -0.39 is 5.97 Å². The summed E-state index contributed by atoms with van der Waals surface area (Å²) in [5.41, 5.74) is 0.961. The highest BCUT2D eigenvalue weighted by Gasteiger charge is 2.34. The SMILES string of the molecule is CCSC1=C(Cl)C(=O)OC1c1ccccc1. The number of thioether (sulfide) groups is 1. The van der Waals surface area contributed by atoms with E-state index in [0.717, 1.165) is 16.2 Å². The van der Waals surface area contributed by atoms with Crippen molar-refractivity contribution in [3.05, 3.63) is 45.8 Å². The van der Waals surface area contributed by atoms with E-state index >= 15 is 0 Å². The fourth-order valence-electron chi connectivity index (χ4n) is 1.57. The lowest BCUT2D eigenvalue weighted by molar-refractivity contribution is -0.139. The average Bonchev–Trinajstić information content (AvgIpc) is 2.59. The van der Waals surface area contributed by atoms with E-state index in [9.17, 15) is 4.79 Å². The van der Waals surface area contributed by atoms with Gasteiger partial charge in [0.2, 0.25) is 0 Å². The van der Waals surface area contributed by atoms with Crippen LogP contribution in [-0.4, -0.2) is 11.7 Å². The number of esters is 1. The number of hydrogen-bond donors (Lipinski definition) is 0. The molecule has 0 amide bonds. The predicted molar refractivity (Wildman–Crippen MR) is 66.3 cm³/mol. The Kier molecular flexibility index (Phi) is 3.56. The molecule has 1 aliphatic heterocycles. The van der Waals surface area contributed by atoms with Gasteiger partial charge in [0, 0.05) is 0 Å². The Labute approximate surface area is 104 Å². The van der Waals surface area contributed by atoms with Crippen LogP contribution in [-0.2, 0) is 9.53 Å². The monoisotopic (exact) mass is 254 g/mol. The lowest BCUT2D eigenvalue weighted by Crippen LogP contribution is -2.02. The molecule has 0 saturated heterocycles. The number of hydrogen-bond acceptors (Lipinski definition) is 3. The van der Waals surface area contributed by atoms with Crippen molar-refractivity contribution in [1.82, 2.24) is 0 Å². The first kappa shape index (κ1) is 11.6. The van der Waals surface area contributed by atoms with Gasteiger partial charge in [-0.05, 0) is 11.3 Å². The molecule has 1 unspecified atom stereocenters. The van der Waals surface area contributed by atoms with Crippen LogP contribution in [0.1, 0.15) is 18.6 Å². The Morgan fingerprint density at radius 3 is 2.69 bits per heavy atom. The van der Waals surface area contributed by atoms with Crippen molar-refractivity contribution in [2.75, 3.05) is 5.75 Å². The van der Waals surface area contributed by atoms with Crippen LogP contribution in [0.15, 0.2) is 40.3 Å². The number of halogens is 1. The molecular formula is C12H11ClO2S. The van der Waals surface area contributed by atoms with Crippen molar-refractivity contribution < 1.29 is 9.53 Å². The van der Waals surface area contributed by atoms with Gasteiger partial charge < -0.3 is 4.74 Å². The summed E-state index contributed by atoms with van der Waals surface area (Å²) in [6.07, 6.45) is -0.328. The van der Waals surface area contributed by atoms with Gasteiger partial charge in [0.25, 0.3) is 0 Å². The molecule has 2 nitrogen and oxygen atoms in total. The first-order valence-electron chi connectivity index (χ1n) is 5.02. The summed E-state index contributed by atoms with van der Waals surface area (Å²) in [5, 5.41) is 0.223. The maximum Gasteiger partial charge on any atom is 0.351 e. The largest absolute Gasteiger partial charge is 0.448 e. The second-order valence-corrected chi connectivity index (χ2v) is 4.99. The topological polar surface area (TPSA) is 26.3 Å². The Balaban J connectivity index is 2.33. The second-order valence-electron chi connectivity index (χ2n) is 3.31. The van der Waals surface area contributed by atoms with Crippen LogP contribution in [0.3, 0.4) is 0 Å². The molecule has 1 heterocycles. The molecule has 0 saturated carbocycles. The van der Waals surface area contributed by atoms with E-state index in [0.29, 0.717) is 0 Å². The van der Waals surface area contributed by atoms with E-state index in [4.69, 9.17) is 16.3 Å². The fraction of sp³-hybridized carbons (Fsp3) is 0.250. The van der Waals surface area contributed by atoms with Crippen molar-refractivity contribution in [3.8, 4) is 0 Å². The zero-order valence-corrected chi connectivity index (χ0v) is 10.3. The number of carbonyl (C=O) groups is 1. The van der Waals surface area contributed by atoms with Gasteiger partial charge in [-0.1, -0.05) is 48.9 Å². The van der Waals surface area contributed by atoms with Crippen LogP contribution in [0.5, 0.6) is 0 Å². The van der Waals surface area contributed by atoms with Crippen molar-refractivity contribution in [2.24, 2.45) is 0 Å². The highest BCUT2D eigenvalue weighted by atomic mass is 35.5. The van der Waals surface area contributed by atoms with Crippen LogP contribution in [0.25, 0.3) is 0 Å². The van der Waals surface area contributed by atoms with Gasteiger partial charge >= 0.3 is 5.97 Å². The van der Waals surface area contributed by atoms with E-state index in [1.807, 2.05) is 37.3 Å². The van der Waals surface area contributed by atoms with Crippen LogP contribution in [0.4, 0.5) is 0 Å². The number of rotatable bonds is 3. The van der Waals surface area contributed by atoms with Gasteiger partial charge in [-0.3, -0.25) is 0 Å². The van der Waals surface area contributed by atoms with Crippen LogP contribution in [0, 0.1) is 0 Å². The highest BCUT2D eigenvalue weighted by molar-refractivity contribution is 8.03. The molecule has 0 fully saturated rings. The first-order valence-corrected chi connectivity index (χ1v) is 6.38. The molecule has 1 atom stereocenters. The quantitative estimate of drug-likeness (QED) is 0.773. The number of carbonyl (C=O) groups excluding carboxylic acids is 1. The zero-order valence-electron chi connectivity index (χ0n) is 8.77. The molecule has 0 spiro atoms. The van der Waals surface area contributed by atoms with E-state index in [1.54, 1.807) is 11.8 Å². The summed E-state index contributed by atoms with van der Waals surface area (Å²) in [7, 11) is 0. The summed E-state index contributed by atoms with van der Waals surface area (Å²) < 4.78 is 5.26. The molecule has 0 radical (unpaired) electrons. The average molecular weight is 255 g/mol. The third kappa shape index (κ3) is 2.11. The molecule has 0 aliphatic carbocycles. The molecule has 1 aliphatic rings. The molecular weight excluding hydrogens is 244 g/mol. The zero-order chi connectivity index (χ0) is 11.5. The van der Waals surface area contributed by atoms with Gasteiger partial charge in [0.15, 0.2) is 6.10 Å². The van der Waals surface area contributed by atoms with Crippen LogP contribution < -0.4 is 0 Å². The third-order valence-corrected chi connectivity index (χ3v) is 3.75. The molecule has 4 heteroatoms. The Morgan fingerprint density at radius 1 is 1.38 bits per heavy atom. The van der Waals surface area contributed by atoms with Gasteiger partial charge in [0.1, 0.15) is 5.03 Å². The number of ether oxygens (including phenoxy) is 1. The lowest BCUT2D eigenvalue weighted by atomic mass is 10.1. The number of benzene rings is 1. The standard InChI is InChI=1S/C12H11ClO2S/c1-2-16-11-9(13)12(14)15-10(11)8-6-4-3-5-7-8/h3-7,10H,2H2,1H3. The molecule has 0 aromatic heterocycles. The summed E-state index contributed by atoms with van der Waals surface area (Å²) in [6, 6.07) is 9.64. The highest BCUT2D eigenvalue weighted by Crippen LogP contribution is 2.42.